The van der Waals surface area contributed by atoms with E-state index in [0.29, 0.717) is 40.9 Å². The minimum Gasteiger partial charge on any atom is -0.490 e. The van der Waals surface area contributed by atoms with Crippen molar-refractivity contribution in [2.45, 2.75) is 6.92 Å². The standard InChI is InChI=1S/C16H14Cl2O3/c1-11-2-4-13(5-3-11)20-6-7-21-16-14(17)8-12(10-19)9-15(16)18/h2-5,8-10H,6-7H2,1H3. The molecular weight excluding hydrogens is 311 g/mol. The van der Waals surface area contributed by atoms with Crippen molar-refractivity contribution in [2.24, 2.45) is 0 Å². The predicted octanol–water partition coefficient (Wildman–Crippen LogP) is 4.57. The lowest BCUT2D eigenvalue weighted by Crippen LogP contribution is -2.09. The van der Waals surface area contributed by atoms with Crippen LogP contribution >= 0.6 is 23.2 Å². The van der Waals surface area contributed by atoms with Gasteiger partial charge in [-0.2, -0.15) is 0 Å². The first-order valence-corrected chi connectivity index (χ1v) is 7.12. The van der Waals surface area contributed by atoms with Crippen molar-refractivity contribution < 1.29 is 14.3 Å². The van der Waals surface area contributed by atoms with Crippen LogP contribution < -0.4 is 9.47 Å². The summed E-state index contributed by atoms with van der Waals surface area (Å²) in [5.74, 6) is 1.13. The highest BCUT2D eigenvalue weighted by atomic mass is 35.5. The van der Waals surface area contributed by atoms with Crippen LogP contribution in [0.25, 0.3) is 0 Å². The molecule has 2 rings (SSSR count). The van der Waals surface area contributed by atoms with Gasteiger partial charge in [0.05, 0.1) is 10.0 Å². The number of rotatable bonds is 6. The first-order valence-electron chi connectivity index (χ1n) is 6.36. The van der Waals surface area contributed by atoms with E-state index >= 15 is 0 Å². The maximum atomic E-state index is 10.7. The maximum Gasteiger partial charge on any atom is 0.156 e. The second kappa shape index (κ2) is 7.34. The summed E-state index contributed by atoms with van der Waals surface area (Å²) in [6, 6.07) is 10.8. The van der Waals surface area contributed by atoms with Gasteiger partial charge in [0.1, 0.15) is 25.2 Å². The Bertz CT molecular complexity index is 601. The van der Waals surface area contributed by atoms with Gasteiger partial charge < -0.3 is 9.47 Å². The monoisotopic (exact) mass is 324 g/mol. The number of benzene rings is 2. The summed E-state index contributed by atoms with van der Waals surface area (Å²) in [6.45, 7) is 2.68. The minimum absolute atomic E-state index is 0.299. The number of carbonyl (C=O) groups excluding carboxylic acids is 1. The van der Waals surface area contributed by atoms with Crippen molar-refractivity contribution in [2.75, 3.05) is 13.2 Å². The molecule has 0 atom stereocenters. The quantitative estimate of drug-likeness (QED) is 0.576. The fourth-order valence-corrected chi connectivity index (χ4v) is 2.34. The van der Waals surface area contributed by atoms with E-state index in [9.17, 15) is 4.79 Å². The number of hydrogen-bond donors (Lipinski definition) is 0. The topological polar surface area (TPSA) is 35.5 Å². The van der Waals surface area contributed by atoms with Crippen molar-refractivity contribution in [1.29, 1.82) is 0 Å². The molecule has 0 saturated carbocycles. The van der Waals surface area contributed by atoms with E-state index in [0.717, 1.165) is 5.75 Å². The number of halogens is 2. The number of aryl methyl sites for hydroxylation is 1. The van der Waals surface area contributed by atoms with Crippen LogP contribution in [-0.2, 0) is 0 Å². The third kappa shape index (κ3) is 4.38. The van der Waals surface area contributed by atoms with E-state index in [4.69, 9.17) is 32.7 Å². The Labute approximate surface area is 133 Å². The van der Waals surface area contributed by atoms with Crippen molar-refractivity contribution in [3.05, 3.63) is 57.6 Å². The SMILES string of the molecule is Cc1ccc(OCCOc2c(Cl)cc(C=O)cc2Cl)cc1. The normalized spacial score (nSPS) is 10.2. The minimum atomic E-state index is 0.299. The van der Waals surface area contributed by atoms with Crippen LogP contribution in [0.5, 0.6) is 11.5 Å². The van der Waals surface area contributed by atoms with E-state index in [1.165, 1.54) is 17.7 Å². The van der Waals surface area contributed by atoms with Crippen LogP contribution in [-0.4, -0.2) is 19.5 Å². The first-order chi connectivity index (χ1) is 10.1. The zero-order valence-electron chi connectivity index (χ0n) is 11.4. The molecule has 2 aromatic rings. The highest BCUT2D eigenvalue weighted by Gasteiger charge is 2.09. The zero-order valence-corrected chi connectivity index (χ0v) is 12.9. The second-order valence-electron chi connectivity index (χ2n) is 4.44. The summed E-state index contributed by atoms with van der Waals surface area (Å²) in [4.78, 5) is 10.7. The second-order valence-corrected chi connectivity index (χ2v) is 5.26. The molecule has 0 spiro atoms. The van der Waals surface area contributed by atoms with Gasteiger partial charge in [-0.05, 0) is 31.2 Å². The third-order valence-electron chi connectivity index (χ3n) is 2.78. The molecule has 0 fully saturated rings. The lowest BCUT2D eigenvalue weighted by molar-refractivity contribution is 0.112. The first kappa shape index (κ1) is 15.7. The van der Waals surface area contributed by atoms with Crippen molar-refractivity contribution in [3.63, 3.8) is 0 Å². The van der Waals surface area contributed by atoms with Crippen LogP contribution in [0.4, 0.5) is 0 Å². The van der Waals surface area contributed by atoms with Crippen LogP contribution in [0, 0.1) is 6.92 Å². The smallest absolute Gasteiger partial charge is 0.156 e. The van der Waals surface area contributed by atoms with E-state index < -0.39 is 0 Å². The van der Waals surface area contributed by atoms with Gasteiger partial charge in [0.25, 0.3) is 0 Å². The molecule has 21 heavy (non-hydrogen) atoms. The Hall–Kier alpha value is -1.71. The van der Waals surface area contributed by atoms with Gasteiger partial charge in [0.15, 0.2) is 5.75 Å². The van der Waals surface area contributed by atoms with Gasteiger partial charge in [0.2, 0.25) is 0 Å². The van der Waals surface area contributed by atoms with Gasteiger partial charge in [-0.25, -0.2) is 0 Å². The molecule has 0 aliphatic carbocycles. The Kier molecular flexibility index (Phi) is 5.48. The van der Waals surface area contributed by atoms with Gasteiger partial charge in [0, 0.05) is 5.56 Å². The summed E-state index contributed by atoms with van der Waals surface area (Å²) in [6.07, 6.45) is 0.683. The van der Waals surface area contributed by atoms with Crippen molar-refractivity contribution >= 4 is 29.5 Å². The molecular formula is C16H14Cl2O3. The van der Waals surface area contributed by atoms with E-state index in [1.807, 2.05) is 31.2 Å². The van der Waals surface area contributed by atoms with E-state index in [-0.39, 0.29) is 0 Å². The molecule has 0 heterocycles. The molecule has 0 radical (unpaired) electrons. The average Bonchev–Trinajstić information content (AvgIpc) is 2.47. The van der Waals surface area contributed by atoms with E-state index in [2.05, 4.69) is 0 Å². The summed E-state index contributed by atoms with van der Waals surface area (Å²) in [7, 11) is 0. The number of hydrogen-bond acceptors (Lipinski definition) is 3. The predicted molar refractivity (Wildman–Crippen MR) is 84.0 cm³/mol. The van der Waals surface area contributed by atoms with Crippen LogP contribution in [0.1, 0.15) is 15.9 Å². The molecule has 2 aromatic carbocycles. The zero-order chi connectivity index (χ0) is 15.2. The highest BCUT2D eigenvalue weighted by Crippen LogP contribution is 2.33. The third-order valence-corrected chi connectivity index (χ3v) is 3.34. The van der Waals surface area contributed by atoms with Crippen molar-refractivity contribution in [1.82, 2.24) is 0 Å². The Morgan fingerprint density at radius 1 is 1.00 bits per heavy atom. The molecule has 110 valence electrons. The van der Waals surface area contributed by atoms with Crippen LogP contribution in [0.3, 0.4) is 0 Å². The molecule has 0 aliphatic heterocycles. The number of ether oxygens (including phenoxy) is 2. The van der Waals surface area contributed by atoms with E-state index in [1.54, 1.807) is 0 Å². The summed E-state index contributed by atoms with van der Waals surface area (Å²) in [5.41, 5.74) is 1.58. The Morgan fingerprint density at radius 2 is 1.57 bits per heavy atom. The van der Waals surface area contributed by atoms with Crippen LogP contribution in [0.15, 0.2) is 36.4 Å². The lowest BCUT2D eigenvalue weighted by Gasteiger charge is -2.11. The van der Waals surface area contributed by atoms with Gasteiger partial charge in [-0.3, -0.25) is 4.79 Å². The summed E-state index contributed by atoms with van der Waals surface area (Å²) in [5, 5.41) is 0.611. The molecule has 0 unspecified atom stereocenters. The fraction of sp³-hybridized carbons (Fsp3) is 0.188. The van der Waals surface area contributed by atoms with Gasteiger partial charge >= 0.3 is 0 Å². The summed E-state index contributed by atoms with van der Waals surface area (Å²) >= 11 is 12.0. The van der Waals surface area contributed by atoms with Gasteiger partial charge in [-0.15, -0.1) is 0 Å². The molecule has 0 saturated heterocycles. The number of carbonyl (C=O) groups is 1. The molecule has 0 amide bonds. The molecule has 0 N–H and O–H groups in total. The molecule has 0 aromatic heterocycles. The highest BCUT2D eigenvalue weighted by molar-refractivity contribution is 6.37. The molecule has 5 heteroatoms. The Balaban J connectivity index is 1.89. The molecule has 3 nitrogen and oxygen atoms in total. The largest absolute Gasteiger partial charge is 0.490 e. The average molecular weight is 325 g/mol. The fourth-order valence-electron chi connectivity index (χ4n) is 1.72. The lowest BCUT2D eigenvalue weighted by atomic mass is 10.2. The molecule has 0 bridgehead atoms. The number of aldehydes is 1. The van der Waals surface area contributed by atoms with Crippen molar-refractivity contribution in [3.8, 4) is 11.5 Å². The van der Waals surface area contributed by atoms with Gasteiger partial charge in [-0.1, -0.05) is 40.9 Å². The Morgan fingerprint density at radius 3 is 2.14 bits per heavy atom. The summed E-state index contributed by atoms with van der Waals surface area (Å²) < 4.78 is 11.0. The maximum absolute atomic E-state index is 10.7. The molecule has 0 aliphatic rings. The van der Waals surface area contributed by atoms with Crippen LogP contribution in [0.2, 0.25) is 10.0 Å².